The highest BCUT2D eigenvalue weighted by molar-refractivity contribution is 5.93. The molecule has 0 saturated carbocycles. The standard InChI is InChI=1S/C30H43N7O3/c1-23-21-32-22-36(23)15-6-13-34-30(38)37(25-11-16-35(2)17-12-25)26-8-9-27(28(20-26)39-3)40-18-5-4-7-24-10-14-33-29(31)19-24/h8-10,14,19-22,25H,4-7,11-13,15-18H2,1-3H3,(H2,31,33)(H,34,38). The second-order valence-corrected chi connectivity index (χ2v) is 10.4. The molecule has 0 atom stereocenters. The zero-order chi connectivity index (χ0) is 28.3. The van der Waals surface area contributed by atoms with Crippen LogP contribution in [0.25, 0.3) is 0 Å². The van der Waals surface area contributed by atoms with Gasteiger partial charge in [0.1, 0.15) is 5.82 Å². The van der Waals surface area contributed by atoms with Gasteiger partial charge < -0.3 is 30.0 Å². The zero-order valence-electron chi connectivity index (χ0n) is 24.0. The van der Waals surface area contributed by atoms with Crippen LogP contribution in [0.5, 0.6) is 11.5 Å². The van der Waals surface area contributed by atoms with E-state index < -0.39 is 0 Å². The van der Waals surface area contributed by atoms with Crippen molar-refractivity contribution < 1.29 is 14.3 Å². The summed E-state index contributed by atoms with van der Waals surface area (Å²) in [6, 6.07) is 9.73. The summed E-state index contributed by atoms with van der Waals surface area (Å²) >= 11 is 0. The Bertz CT molecular complexity index is 1220. The second kappa shape index (κ2) is 14.6. The molecule has 4 rings (SSSR count). The number of aryl methyl sites for hydroxylation is 3. The first kappa shape index (κ1) is 29.2. The number of nitrogens with one attached hydrogen (secondary N) is 1. The minimum Gasteiger partial charge on any atom is -0.493 e. The fourth-order valence-electron chi connectivity index (χ4n) is 5.09. The van der Waals surface area contributed by atoms with Gasteiger partial charge in [-0.2, -0.15) is 0 Å². The molecule has 1 saturated heterocycles. The molecule has 3 heterocycles. The van der Waals surface area contributed by atoms with E-state index >= 15 is 0 Å². The average Bonchev–Trinajstić information content (AvgIpc) is 3.37. The molecule has 216 valence electrons. The van der Waals surface area contributed by atoms with Crippen LogP contribution < -0.4 is 25.4 Å². The minimum atomic E-state index is -0.0793. The molecule has 0 unspecified atom stereocenters. The van der Waals surface area contributed by atoms with Crippen LogP contribution in [0.15, 0.2) is 49.1 Å². The van der Waals surface area contributed by atoms with E-state index in [1.807, 2.05) is 54.7 Å². The number of aromatic nitrogens is 3. The molecule has 1 fully saturated rings. The summed E-state index contributed by atoms with van der Waals surface area (Å²) in [4.78, 5) is 25.9. The predicted octanol–water partition coefficient (Wildman–Crippen LogP) is 4.28. The van der Waals surface area contributed by atoms with Gasteiger partial charge >= 0.3 is 6.03 Å². The molecule has 0 radical (unpaired) electrons. The third-order valence-electron chi connectivity index (χ3n) is 7.43. The summed E-state index contributed by atoms with van der Waals surface area (Å²) in [5, 5.41) is 3.14. The highest BCUT2D eigenvalue weighted by atomic mass is 16.5. The fourth-order valence-corrected chi connectivity index (χ4v) is 5.09. The summed E-state index contributed by atoms with van der Waals surface area (Å²) in [7, 11) is 3.76. The maximum Gasteiger partial charge on any atom is 0.322 e. The molecular weight excluding hydrogens is 506 g/mol. The molecule has 40 heavy (non-hydrogen) atoms. The highest BCUT2D eigenvalue weighted by Gasteiger charge is 2.29. The van der Waals surface area contributed by atoms with Crippen LogP contribution in [0.1, 0.15) is 43.4 Å². The summed E-state index contributed by atoms with van der Waals surface area (Å²) < 4.78 is 13.9. The number of hydrogen-bond acceptors (Lipinski definition) is 7. The molecular formula is C30H43N7O3. The topological polar surface area (TPSA) is 111 Å². The normalized spacial score (nSPS) is 14.2. The molecule has 1 aromatic carbocycles. The Morgan fingerprint density at radius 1 is 1.15 bits per heavy atom. The second-order valence-electron chi connectivity index (χ2n) is 10.4. The molecule has 10 nitrogen and oxygen atoms in total. The number of amides is 2. The maximum absolute atomic E-state index is 13.5. The number of likely N-dealkylation sites (tertiary alicyclic amines) is 1. The number of nitrogens with two attached hydrogens (primary N) is 1. The van der Waals surface area contributed by atoms with Crippen LogP contribution in [0, 0.1) is 6.92 Å². The number of nitrogens with zero attached hydrogens (tertiary/aromatic N) is 5. The fraction of sp³-hybridized carbons (Fsp3) is 0.500. The Kier molecular flexibility index (Phi) is 10.6. The van der Waals surface area contributed by atoms with Gasteiger partial charge in [0.05, 0.1) is 20.0 Å². The van der Waals surface area contributed by atoms with Crippen molar-refractivity contribution in [3.63, 3.8) is 0 Å². The summed E-state index contributed by atoms with van der Waals surface area (Å²) in [6.07, 6.45) is 10.9. The number of anilines is 2. The van der Waals surface area contributed by atoms with Gasteiger partial charge in [-0.05, 0) is 95.4 Å². The molecule has 2 amide bonds. The van der Waals surface area contributed by atoms with Crippen LogP contribution >= 0.6 is 0 Å². The number of benzene rings is 1. The lowest BCUT2D eigenvalue weighted by Gasteiger charge is -2.37. The van der Waals surface area contributed by atoms with E-state index in [4.69, 9.17) is 15.2 Å². The Balaban J connectivity index is 1.36. The third kappa shape index (κ3) is 8.11. The average molecular weight is 550 g/mol. The Morgan fingerprint density at radius 3 is 2.70 bits per heavy atom. The van der Waals surface area contributed by atoms with Crippen LogP contribution in [-0.4, -0.2) is 71.9 Å². The molecule has 1 aliphatic rings. The Hall–Kier alpha value is -3.79. The predicted molar refractivity (Wildman–Crippen MR) is 158 cm³/mol. The maximum atomic E-state index is 13.5. The number of urea groups is 1. The lowest BCUT2D eigenvalue weighted by Crippen LogP contribution is -2.50. The minimum absolute atomic E-state index is 0.0793. The van der Waals surface area contributed by atoms with Gasteiger partial charge in [0.15, 0.2) is 11.5 Å². The summed E-state index contributed by atoms with van der Waals surface area (Å²) in [5.41, 5.74) is 8.89. The Labute approximate surface area is 237 Å². The quantitative estimate of drug-likeness (QED) is 0.306. The number of carbonyl (C=O) groups is 1. The van der Waals surface area contributed by atoms with E-state index in [-0.39, 0.29) is 12.1 Å². The van der Waals surface area contributed by atoms with Gasteiger partial charge in [-0.3, -0.25) is 4.90 Å². The van der Waals surface area contributed by atoms with Crippen molar-refractivity contribution in [1.82, 2.24) is 24.8 Å². The number of nitrogen functional groups attached to an aromatic ring is 1. The van der Waals surface area contributed by atoms with Gasteiger partial charge in [0.2, 0.25) is 0 Å². The number of rotatable bonds is 13. The number of ether oxygens (including phenoxy) is 2. The number of piperidine rings is 1. The van der Waals surface area contributed by atoms with Crippen molar-refractivity contribution in [1.29, 1.82) is 0 Å². The van der Waals surface area contributed by atoms with Crippen molar-refractivity contribution in [3.8, 4) is 11.5 Å². The van der Waals surface area contributed by atoms with Crippen molar-refractivity contribution >= 4 is 17.5 Å². The highest BCUT2D eigenvalue weighted by Crippen LogP contribution is 2.34. The van der Waals surface area contributed by atoms with E-state index in [9.17, 15) is 4.79 Å². The molecule has 0 aliphatic carbocycles. The molecule has 3 aromatic rings. The summed E-state index contributed by atoms with van der Waals surface area (Å²) in [5.74, 6) is 1.85. The number of methoxy groups -OCH3 is 1. The SMILES string of the molecule is COc1cc(N(C(=O)NCCCn2cncc2C)C2CCN(C)CC2)ccc1OCCCCc1ccnc(N)c1. The number of pyridine rings is 1. The monoisotopic (exact) mass is 549 g/mol. The van der Waals surface area contributed by atoms with Crippen LogP contribution in [0.3, 0.4) is 0 Å². The third-order valence-corrected chi connectivity index (χ3v) is 7.43. The van der Waals surface area contributed by atoms with Crippen molar-refractivity contribution in [3.05, 3.63) is 60.3 Å². The molecule has 2 aromatic heterocycles. The number of imidazole rings is 1. The zero-order valence-corrected chi connectivity index (χ0v) is 24.0. The van der Waals surface area contributed by atoms with Gasteiger partial charge in [-0.15, -0.1) is 0 Å². The Morgan fingerprint density at radius 2 is 1.98 bits per heavy atom. The molecule has 10 heteroatoms. The van der Waals surface area contributed by atoms with E-state index in [1.54, 1.807) is 13.3 Å². The first-order valence-corrected chi connectivity index (χ1v) is 14.2. The molecule has 0 bridgehead atoms. The number of carbonyl (C=O) groups excluding carboxylic acids is 1. The molecule has 1 aliphatic heterocycles. The first-order valence-electron chi connectivity index (χ1n) is 14.2. The lowest BCUT2D eigenvalue weighted by molar-refractivity contribution is 0.226. The molecule has 3 N–H and O–H groups in total. The van der Waals surface area contributed by atoms with Crippen molar-refractivity contribution in [2.75, 3.05) is 51.0 Å². The van der Waals surface area contributed by atoms with Crippen LogP contribution in [0.2, 0.25) is 0 Å². The van der Waals surface area contributed by atoms with E-state index in [0.717, 1.165) is 69.5 Å². The largest absolute Gasteiger partial charge is 0.493 e. The van der Waals surface area contributed by atoms with Crippen LogP contribution in [-0.2, 0) is 13.0 Å². The smallest absolute Gasteiger partial charge is 0.322 e. The van der Waals surface area contributed by atoms with Gasteiger partial charge in [-0.25, -0.2) is 14.8 Å². The van der Waals surface area contributed by atoms with Gasteiger partial charge in [0.25, 0.3) is 0 Å². The number of hydrogen-bond donors (Lipinski definition) is 2. The van der Waals surface area contributed by atoms with Gasteiger partial charge in [-0.1, -0.05) is 0 Å². The molecule has 0 spiro atoms. The number of unbranched alkanes of at least 4 members (excludes halogenated alkanes) is 1. The van der Waals surface area contributed by atoms with E-state index in [0.29, 0.717) is 30.5 Å². The lowest BCUT2D eigenvalue weighted by atomic mass is 10.0. The van der Waals surface area contributed by atoms with E-state index in [1.165, 1.54) is 5.56 Å². The van der Waals surface area contributed by atoms with Crippen LogP contribution in [0.4, 0.5) is 16.3 Å². The van der Waals surface area contributed by atoms with Gasteiger partial charge in [0, 0.05) is 49.0 Å². The van der Waals surface area contributed by atoms with Crippen molar-refractivity contribution in [2.24, 2.45) is 0 Å². The van der Waals surface area contributed by atoms with Crippen molar-refractivity contribution in [2.45, 2.75) is 58.0 Å². The summed E-state index contributed by atoms with van der Waals surface area (Å²) in [6.45, 7) is 5.93. The van der Waals surface area contributed by atoms with E-state index in [2.05, 4.69) is 31.8 Å². The first-order chi connectivity index (χ1) is 19.4.